The van der Waals surface area contributed by atoms with Gasteiger partial charge in [0.15, 0.2) is 17.0 Å². The summed E-state index contributed by atoms with van der Waals surface area (Å²) in [6.45, 7) is 0. The van der Waals surface area contributed by atoms with E-state index < -0.39 is 18.2 Å². The number of nitrogens with one attached hydrogen (secondary N) is 1. The molecular weight excluding hydrogens is 438 g/mol. The lowest BCUT2D eigenvalue weighted by Gasteiger charge is -2.22. The van der Waals surface area contributed by atoms with E-state index in [1.165, 1.54) is 43.7 Å². The van der Waals surface area contributed by atoms with Gasteiger partial charge in [-0.3, -0.25) is 0 Å². The van der Waals surface area contributed by atoms with Crippen LogP contribution in [0.25, 0.3) is 17.1 Å². The minimum absolute atomic E-state index is 0.124. The summed E-state index contributed by atoms with van der Waals surface area (Å²) in [5.74, 6) is 2.09. The van der Waals surface area contributed by atoms with Crippen LogP contribution in [-0.2, 0) is 4.74 Å². The molecule has 4 saturated carbocycles. The summed E-state index contributed by atoms with van der Waals surface area (Å²) < 4.78 is 8.14. The minimum Gasteiger partial charge on any atom is -0.465 e. The SMILES string of the molecule is COC(=O)c1cnn(-c2nc(NC(C3CC3)C3CC3)c3ncn([C@H]4[C@H](O)[C@H](O)[C@@H]5C[C@@H]54)c3n2)c1. The van der Waals surface area contributed by atoms with Gasteiger partial charge >= 0.3 is 5.97 Å². The highest BCUT2D eigenvalue weighted by Crippen LogP contribution is 2.58. The number of methoxy groups -OCH3 is 1. The van der Waals surface area contributed by atoms with Gasteiger partial charge in [0.05, 0.1) is 37.3 Å². The number of aromatic nitrogens is 6. The molecule has 0 bridgehead atoms. The molecule has 0 aliphatic heterocycles. The third-order valence-electron chi connectivity index (χ3n) is 7.97. The van der Waals surface area contributed by atoms with Gasteiger partial charge in [0.2, 0.25) is 0 Å². The molecule has 3 aromatic rings. The van der Waals surface area contributed by atoms with Crippen LogP contribution in [0.4, 0.5) is 5.82 Å². The molecule has 178 valence electrons. The maximum Gasteiger partial charge on any atom is 0.341 e. The first-order valence-electron chi connectivity index (χ1n) is 12.0. The highest BCUT2D eigenvalue weighted by atomic mass is 16.5. The number of rotatable bonds is 7. The van der Waals surface area contributed by atoms with Gasteiger partial charge in [0, 0.05) is 12.2 Å². The molecule has 0 saturated heterocycles. The summed E-state index contributed by atoms with van der Waals surface area (Å²) in [6.07, 6.45) is 8.85. The fourth-order valence-electron chi connectivity index (χ4n) is 5.77. The molecule has 11 nitrogen and oxygen atoms in total. The van der Waals surface area contributed by atoms with Gasteiger partial charge in [-0.25, -0.2) is 14.5 Å². The van der Waals surface area contributed by atoms with Crippen LogP contribution in [0.5, 0.6) is 0 Å². The lowest BCUT2D eigenvalue weighted by Crippen LogP contribution is -2.31. The molecule has 34 heavy (non-hydrogen) atoms. The van der Waals surface area contributed by atoms with Gasteiger partial charge in [-0.1, -0.05) is 0 Å². The lowest BCUT2D eigenvalue weighted by molar-refractivity contribution is 0.00386. The van der Waals surface area contributed by atoms with E-state index in [9.17, 15) is 15.0 Å². The van der Waals surface area contributed by atoms with Crippen molar-refractivity contribution in [3.05, 3.63) is 24.3 Å². The Bertz CT molecular complexity index is 1270. The zero-order valence-electron chi connectivity index (χ0n) is 18.8. The minimum atomic E-state index is -0.864. The third kappa shape index (κ3) is 3.13. The molecule has 4 fully saturated rings. The summed E-state index contributed by atoms with van der Waals surface area (Å²) in [6, 6.07) is 0.0672. The van der Waals surface area contributed by atoms with Crippen molar-refractivity contribution in [1.82, 2.24) is 29.3 Å². The van der Waals surface area contributed by atoms with E-state index in [4.69, 9.17) is 14.7 Å². The summed E-state index contributed by atoms with van der Waals surface area (Å²) in [5, 5.41) is 29.1. The molecule has 0 unspecified atom stereocenters. The van der Waals surface area contributed by atoms with Crippen molar-refractivity contribution >= 4 is 23.0 Å². The fourth-order valence-corrected chi connectivity index (χ4v) is 5.77. The molecular formula is C23H27N7O4. The van der Waals surface area contributed by atoms with Crippen LogP contribution >= 0.6 is 0 Å². The van der Waals surface area contributed by atoms with Gasteiger partial charge in [-0.2, -0.15) is 15.1 Å². The summed E-state index contributed by atoms with van der Waals surface area (Å²) in [5.41, 5.74) is 1.52. The van der Waals surface area contributed by atoms with Crippen molar-refractivity contribution in [2.24, 2.45) is 23.7 Å². The highest BCUT2D eigenvalue weighted by molar-refractivity contribution is 5.89. The number of nitrogens with zero attached hydrogens (tertiary/aromatic N) is 6. The zero-order chi connectivity index (χ0) is 23.1. The van der Waals surface area contributed by atoms with Crippen molar-refractivity contribution in [3.63, 3.8) is 0 Å². The molecule has 11 heteroatoms. The van der Waals surface area contributed by atoms with Gasteiger partial charge in [-0.05, 0) is 55.8 Å². The number of aliphatic hydroxyl groups excluding tert-OH is 2. The first-order valence-corrected chi connectivity index (χ1v) is 12.0. The average Bonchev–Trinajstić information content (AvgIpc) is 3.77. The number of anilines is 1. The van der Waals surface area contributed by atoms with Crippen molar-refractivity contribution in [2.75, 3.05) is 12.4 Å². The Balaban J connectivity index is 1.34. The number of carbonyl (C=O) groups excluding carboxylic acids is 1. The Morgan fingerprint density at radius 2 is 1.91 bits per heavy atom. The number of aliphatic hydroxyl groups is 2. The van der Waals surface area contributed by atoms with Gasteiger partial charge in [0.1, 0.15) is 6.10 Å². The number of carbonyl (C=O) groups is 1. The van der Waals surface area contributed by atoms with Crippen molar-refractivity contribution in [2.45, 2.75) is 56.4 Å². The predicted octanol–water partition coefficient (Wildman–Crippen LogP) is 1.31. The number of imidazole rings is 1. The Kier molecular flexibility index (Phi) is 4.32. The van der Waals surface area contributed by atoms with Gasteiger partial charge < -0.3 is 24.8 Å². The molecule has 5 atom stereocenters. The van der Waals surface area contributed by atoms with Crippen molar-refractivity contribution < 1.29 is 19.7 Å². The topological polar surface area (TPSA) is 140 Å². The quantitative estimate of drug-likeness (QED) is 0.441. The largest absolute Gasteiger partial charge is 0.465 e. The lowest BCUT2D eigenvalue weighted by atomic mass is 10.1. The van der Waals surface area contributed by atoms with E-state index in [0.29, 0.717) is 46.4 Å². The average molecular weight is 466 g/mol. The number of hydrogen-bond donors (Lipinski definition) is 3. The molecule has 0 spiro atoms. The Morgan fingerprint density at radius 1 is 1.15 bits per heavy atom. The fraction of sp³-hybridized carbons (Fsp3) is 0.609. The monoisotopic (exact) mass is 465 g/mol. The Hall–Kier alpha value is -3.05. The van der Waals surface area contributed by atoms with Crippen LogP contribution in [0, 0.1) is 23.7 Å². The maximum atomic E-state index is 11.9. The number of ether oxygens (including phenoxy) is 1. The van der Waals surface area contributed by atoms with Gasteiger partial charge in [-0.15, -0.1) is 0 Å². The first kappa shape index (κ1) is 20.3. The second kappa shape index (κ2) is 7.22. The standard InChI is InChI=1S/C23H27N7O4/c1-34-22(33)12-7-25-30(8-12)23-27-20(26-15(10-2-3-10)11-4-5-11)16-21(28-23)29(9-24-16)17-13-6-14(13)18(31)19(17)32/h7-11,13-15,17-19,31-32H,2-6H2,1H3,(H,26,27,28)/t13-,14+,17+,18+,19-/m0/s1. The van der Waals surface area contributed by atoms with E-state index in [0.717, 1.165) is 6.42 Å². The third-order valence-corrected chi connectivity index (χ3v) is 7.97. The number of hydrogen-bond acceptors (Lipinski definition) is 9. The van der Waals surface area contributed by atoms with E-state index in [1.54, 1.807) is 12.5 Å². The Morgan fingerprint density at radius 3 is 2.56 bits per heavy atom. The van der Waals surface area contributed by atoms with Crippen molar-refractivity contribution in [1.29, 1.82) is 0 Å². The summed E-state index contributed by atoms with van der Waals surface area (Å²) in [7, 11) is 1.32. The summed E-state index contributed by atoms with van der Waals surface area (Å²) in [4.78, 5) is 26.1. The molecule has 0 amide bonds. The van der Waals surface area contributed by atoms with Crippen LogP contribution in [0.2, 0.25) is 0 Å². The molecule has 0 radical (unpaired) electrons. The first-order chi connectivity index (χ1) is 16.5. The van der Waals surface area contributed by atoms with E-state index in [-0.39, 0.29) is 17.9 Å². The second-order valence-electron chi connectivity index (χ2n) is 10.2. The molecule has 3 heterocycles. The van der Waals surface area contributed by atoms with Crippen molar-refractivity contribution in [3.8, 4) is 5.95 Å². The predicted molar refractivity (Wildman–Crippen MR) is 119 cm³/mol. The normalized spacial score (nSPS) is 30.1. The zero-order valence-corrected chi connectivity index (χ0v) is 18.8. The van der Waals surface area contributed by atoms with Crippen LogP contribution < -0.4 is 5.32 Å². The smallest absolute Gasteiger partial charge is 0.341 e. The summed E-state index contributed by atoms with van der Waals surface area (Å²) >= 11 is 0. The second-order valence-corrected chi connectivity index (χ2v) is 10.2. The maximum absolute atomic E-state index is 11.9. The number of esters is 1. The molecule has 3 N–H and O–H groups in total. The van der Waals surface area contributed by atoms with Crippen LogP contribution in [0.1, 0.15) is 48.5 Å². The molecule has 7 rings (SSSR count). The van der Waals surface area contributed by atoms with E-state index in [2.05, 4.69) is 15.4 Å². The van der Waals surface area contributed by atoms with Crippen LogP contribution in [-0.4, -0.2) is 70.8 Å². The molecule has 4 aliphatic carbocycles. The number of fused-ring (bicyclic) bond motifs is 2. The highest BCUT2D eigenvalue weighted by Gasteiger charge is 2.60. The molecule has 0 aromatic carbocycles. The Labute approximate surface area is 195 Å². The van der Waals surface area contributed by atoms with E-state index in [1.807, 2.05) is 4.57 Å². The van der Waals surface area contributed by atoms with Gasteiger partial charge in [0.25, 0.3) is 5.95 Å². The molecule has 4 aliphatic rings. The van der Waals surface area contributed by atoms with E-state index >= 15 is 0 Å². The van der Waals surface area contributed by atoms with Crippen LogP contribution in [0.3, 0.4) is 0 Å². The molecule has 3 aromatic heterocycles. The van der Waals surface area contributed by atoms with Crippen LogP contribution in [0.15, 0.2) is 18.7 Å².